The summed E-state index contributed by atoms with van der Waals surface area (Å²) in [6.45, 7) is 3.63. The third-order valence-corrected chi connectivity index (χ3v) is 5.60. The van der Waals surface area contributed by atoms with Crippen molar-refractivity contribution >= 4 is 34.0 Å². The van der Waals surface area contributed by atoms with Crippen molar-refractivity contribution in [3.8, 4) is 28.7 Å². The Morgan fingerprint density at radius 3 is 2.16 bits per heavy atom. The molecule has 0 bridgehead atoms. The van der Waals surface area contributed by atoms with E-state index >= 15 is 0 Å². The number of hydrogen-bond donors (Lipinski definition) is 1. The summed E-state index contributed by atoms with van der Waals surface area (Å²) in [6.07, 6.45) is 1.44. The van der Waals surface area contributed by atoms with E-state index in [1.54, 1.807) is 24.3 Å². The first-order valence-corrected chi connectivity index (χ1v) is 11.9. The number of benzene rings is 3. The molecule has 3 rings (SSSR count). The molecule has 0 spiro atoms. The van der Waals surface area contributed by atoms with E-state index in [9.17, 15) is 9.59 Å². The zero-order chi connectivity index (χ0) is 26.9. The fourth-order valence-corrected chi connectivity index (χ4v) is 4.18. The molecule has 3 aromatic carbocycles. The summed E-state index contributed by atoms with van der Waals surface area (Å²) < 4.78 is 27.9. The molecule has 3 aromatic rings. The van der Waals surface area contributed by atoms with Gasteiger partial charge < -0.3 is 23.7 Å². The molecule has 0 aliphatic rings. The van der Waals surface area contributed by atoms with Crippen LogP contribution >= 0.6 is 15.9 Å². The zero-order valence-corrected chi connectivity index (χ0v) is 22.7. The van der Waals surface area contributed by atoms with E-state index in [0.717, 1.165) is 15.6 Å². The first-order chi connectivity index (χ1) is 17.7. The monoisotopic (exact) mass is 570 g/mol. The van der Waals surface area contributed by atoms with Crippen molar-refractivity contribution in [2.24, 2.45) is 5.10 Å². The zero-order valence-electron chi connectivity index (χ0n) is 21.1. The number of nitrogens with zero attached hydrogens (tertiary/aromatic N) is 1. The number of amides is 1. The minimum absolute atomic E-state index is 0.187. The lowest BCUT2D eigenvalue weighted by atomic mass is 10.1. The van der Waals surface area contributed by atoms with Crippen molar-refractivity contribution in [2.75, 3.05) is 27.9 Å². The average molecular weight is 571 g/mol. The van der Waals surface area contributed by atoms with Crippen molar-refractivity contribution in [2.45, 2.75) is 13.8 Å². The standard InChI is InChI=1S/C27H27BrN2O7/c1-16-9-20(28)10-17(2)25(16)36-15-24(31)30-29-14-18-7-6-8-21(11-18)37-27(32)19-12-22(33-3)26(35-5)23(13-19)34-4/h6-14H,15H2,1-5H3,(H,30,31)/b29-14-. The summed E-state index contributed by atoms with van der Waals surface area (Å²) in [6, 6.07) is 13.5. The fourth-order valence-electron chi connectivity index (χ4n) is 3.50. The minimum atomic E-state index is -0.614. The topological polar surface area (TPSA) is 105 Å². The Bertz CT molecular complexity index is 1280. The molecular formula is C27H27BrN2O7. The van der Waals surface area contributed by atoms with Crippen molar-refractivity contribution in [1.82, 2.24) is 5.43 Å². The summed E-state index contributed by atoms with van der Waals surface area (Å²) >= 11 is 3.43. The van der Waals surface area contributed by atoms with Crippen LogP contribution in [0.5, 0.6) is 28.7 Å². The molecule has 9 nitrogen and oxygen atoms in total. The number of nitrogens with one attached hydrogen (secondary N) is 1. The molecule has 0 aromatic heterocycles. The SMILES string of the molecule is COc1cc(C(=O)Oc2cccc(/C=N\NC(=O)COc3c(C)cc(Br)cc3C)c2)cc(OC)c1OC. The second-order valence-corrected chi connectivity index (χ2v) is 8.74. The molecule has 0 heterocycles. The van der Waals surface area contributed by atoms with E-state index in [1.807, 2.05) is 26.0 Å². The van der Waals surface area contributed by atoms with Crippen LogP contribution in [0.15, 0.2) is 58.1 Å². The van der Waals surface area contributed by atoms with Crippen molar-refractivity contribution < 1.29 is 33.3 Å². The number of methoxy groups -OCH3 is 3. The molecule has 0 saturated heterocycles. The second-order valence-electron chi connectivity index (χ2n) is 7.83. The Labute approximate surface area is 223 Å². The van der Waals surface area contributed by atoms with Gasteiger partial charge in [-0.2, -0.15) is 5.10 Å². The lowest BCUT2D eigenvalue weighted by Gasteiger charge is -2.13. The van der Waals surface area contributed by atoms with Gasteiger partial charge in [0, 0.05) is 4.47 Å². The van der Waals surface area contributed by atoms with Gasteiger partial charge in [0.2, 0.25) is 5.75 Å². The maximum absolute atomic E-state index is 12.7. The van der Waals surface area contributed by atoms with Gasteiger partial charge in [-0.3, -0.25) is 4.79 Å². The van der Waals surface area contributed by atoms with Crippen LogP contribution in [0.2, 0.25) is 0 Å². The highest BCUT2D eigenvalue weighted by atomic mass is 79.9. The number of aryl methyl sites for hydroxylation is 2. The van der Waals surface area contributed by atoms with Crippen LogP contribution < -0.4 is 29.1 Å². The summed E-state index contributed by atoms with van der Waals surface area (Å²) in [4.78, 5) is 24.9. The fraction of sp³-hybridized carbons (Fsp3) is 0.222. The predicted octanol–water partition coefficient (Wildman–Crippen LogP) is 4.84. The minimum Gasteiger partial charge on any atom is -0.493 e. The van der Waals surface area contributed by atoms with Crippen molar-refractivity contribution in [1.29, 1.82) is 0 Å². The van der Waals surface area contributed by atoms with Gasteiger partial charge >= 0.3 is 5.97 Å². The van der Waals surface area contributed by atoms with Gasteiger partial charge in [-0.25, -0.2) is 10.2 Å². The number of rotatable bonds is 10. The highest BCUT2D eigenvalue weighted by Gasteiger charge is 2.18. The van der Waals surface area contributed by atoms with Gasteiger partial charge in [-0.05, 0) is 66.9 Å². The van der Waals surface area contributed by atoms with Crippen LogP contribution in [-0.4, -0.2) is 46.0 Å². The number of ether oxygens (including phenoxy) is 5. The number of carbonyl (C=O) groups is 2. The Morgan fingerprint density at radius 2 is 1.57 bits per heavy atom. The first-order valence-electron chi connectivity index (χ1n) is 11.1. The third-order valence-electron chi connectivity index (χ3n) is 5.14. The van der Waals surface area contributed by atoms with E-state index < -0.39 is 11.9 Å². The summed E-state index contributed by atoms with van der Waals surface area (Å²) in [7, 11) is 4.40. The highest BCUT2D eigenvalue weighted by molar-refractivity contribution is 9.10. The van der Waals surface area contributed by atoms with Crippen molar-refractivity contribution in [3.05, 3.63) is 75.3 Å². The Kier molecular flexibility index (Phi) is 9.51. The third kappa shape index (κ3) is 7.23. The van der Waals surface area contributed by atoms with Crippen molar-refractivity contribution in [3.63, 3.8) is 0 Å². The molecule has 0 radical (unpaired) electrons. The summed E-state index contributed by atoms with van der Waals surface area (Å²) in [5.74, 6) is 0.955. The van der Waals surface area contributed by atoms with Crippen LogP contribution in [-0.2, 0) is 4.79 Å². The molecule has 0 unspecified atom stereocenters. The summed E-state index contributed by atoms with van der Waals surface area (Å²) in [5, 5.41) is 3.96. The van der Waals surface area contributed by atoms with E-state index in [-0.39, 0.29) is 12.2 Å². The molecule has 0 aliphatic carbocycles. The maximum Gasteiger partial charge on any atom is 0.343 e. The molecule has 194 valence electrons. The number of esters is 1. The molecule has 1 N–H and O–H groups in total. The van der Waals surface area contributed by atoms with Gasteiger partial charge in [-0.1, -0.05) is 28.1 Å². The number of hydrogen-bond acceptors (Lipinski definition) is 8. The lowest BCUT2D eigenvalue weighted by Crippen LogP contribution is -2.25. The van der Waals surface area contributed by atoms with E-state index in [1.165, 1.54) is 39.7 Å². The van der Waals surface area contributed by atoms with Crippen LogP contribution in [0.1, 0.15) is 27.0 Å². The van der Waals surface area contributed by atoms with Crippen LogP contribution in [0.4, 0.5) is 0 Å². The maximum atomic E-state index is 12.7. The molecule has 0 aliphatic heterocycles. The Morgan fingerprint density at radius 1 is 0.919 bits per heavy atom. The average Bonchev–Trinajstić information content (AvgIpc) is 2.87. The van der Waals surface area contributed by atoms with Crippen LogP contribution in [0.25, 0.3) is 0 Å². The smallest absolute Gasteiger partial charge is 0.343 e. The normalized spacial score (nSPS) is 10.6. The molecule has 0 atom stereocenters. The quantitative estimate of drug-likeness (QED) is 0.161. The van der Waals surface area contributed by atoms with Crippen LogP contribution in [0.3, 0.4) is 0 Å². The number of halogens is 1. The van der Waals surface area contributed by atoms with Gasteiger partial charge in [0.15, 0.2) is 18.1 Å². The van der Waals surface area contributed by atoms with Gasteiger partial charge in [0.25, 0.3) is 5.91 Å². The number of carbonyl (C=O) groups excluding carboxylic acids is 2. The Hall–Kier alpha value is -4.05. The van der Waals surface area contributed by atoms with Crippen LogP contribution in [0, 0.1) is 13.8 Å². The molecule has 37 heavy (non-hydrogen) atoms. The Balaban J connectivity index is 1.61. The molecular weight excluding hydrogens is 544 g/mol. The molecule has 0 saturated carbocycles. The molecule has 1 amide bonds. The van der Waals surface area contributed by atoms with E-state index in [2.05, 4.69) is 26.5 Å². The second kappa shape index (κ2) is 12.8. The molecule has 0 fully saturated rings. The van der Waals surface area contributed by atoms with E-state index in [0.29, 0.717) is 34.3 Å². The number of hydrazone groups is 1. The van der Waals surface area contributed by atoms with Gasteiger partial charge in [-0.15, -0.1) is 0 Å². The van der Waals surface area contributed by atoms with E-state index in [4.69, 9.17) is 23.7 Å². The highest BCUT2D eigenvalue weighted by Crippen LogP contribution is 2.38. The first kappa shape index (κ1) is 27.5. The largest absolute Gasteiger partial charge is 0.493 e. The molecule has 10 heteroatoms. The lowest BCUT2D eigenvalue weighted by molar-refractivity contribution is -0.123. The van der Waals surface area contributed by atoms with Gasteiger partial charge in [0.05, 0.1) is 33.1 Å². The summed E-state index contributed by atoms with van der Waals surface area (Å²) in [5.41, 5.74) is 5.09. The van der Waals surface area contributed by atoms with Gasteiger partial charge in [0.1, 0.15) is 11.5 Å². The predicted molar refractivity (Wildman–Crippen MR) is 142 cm³/mol.